The molecule has 1 fully saturated rings. The van der Waals surface area contributed by atoms with Crippen molar-refractivity contribution in [1.29, 1.82) is 0 Å². The molecule has 0 aliphatic carbocycles. The Morgan fingerprint density at radius 3 is 2.81 bits per heavy atom. The van der Waals surface area contributed by atoms with Crippen molar-refractivity contribution in [2.45, 2.75) is 44.7 Å². The van der Waals surface area contributed by atoms with E-state index in [0.29, 0.717) is 25.9 Å². The molecule has 2 aliphatic rings. The van der Waals surface area contributed by atoms with Gasteiger partial charge in [0.05, 0.1) is 12.5 Å². The van der Waals surface area contributed by atoms with E-state index in [1.54, 1.807) is 0 Å². The predicted octanol–water partition coefficient (Wildman–Crippen LogP) is 0.888. The van der Waals surface area contributed by atoms with Gasteiger partial charge in [0.1, 0.15) is 5.82 Å². The van der Waals surface area contributed by atoms with E-state index in [4.69, 9.17) is 5.11 Å². The van der Waals surface area contributed by atoms with Crippen LogP contribution < -0.4 is 4.90 Å². The van der Waals surface area contributed by atoms with E-state index in [-0.39, 0.29) is 24.7 Å². The van der Waals surface area contributed by atoms with Gasteiger partial charge in [-0.2, -0.15) is 0 Å². The zero-order chi connectivity index (χ0) is 19.6. The van der Waals surface area contributed by atoms with Gasteiger partial charge in [-0.3, -0.25) is 24.2 Å². The Morgan fingerprint density at radius 1 is 1.33 bits per heavy atom. The van der Waals surface area contributed by atoms with Gasteiger partial charge in [-0.15, -0.1) is 0 Å². The highest BCUT2D eigenvalue weighted by Gasteiger charge is 2.42. The lowest BCUT2D eigenvalue weighted by Gasteiger charge is -2.33. The molecule has 8 nitrogen and oxygen atoms in total. The summed E-state index contributed by atoms with van der Waals surface area (Å²) in [7, 11) is 3.90. The third kappa shape index (κ3) is 4.10. The number of hydrogen-bond donors (Lipinski definition) is 1. The first-order valence-corrected chi connectivity index (χ1v) is 9.32. The number of aromatic nitrogens is 1. The number of amides is 2. The lowest BCUT2D eigenvalue weighted by molar-refractivity contribution is -0.139. The van der Waals surface area contributed by atoms with E-state index >= 15 is 0 Å². The van der Waals surface area contributed by atoms with Gasteiger partial charge in [-0.1, -0.05) is 0 Å². The average molecular weight is 374 g/mol. The summed E-state index contributed by atoms with van der Waals surface area (Å²) in [4.78, 5) is 45.5. The van der Waals surface area contributed by atoms with Crippen molar-refractivity contribution in [3.8, 4) is 0 Å². The zero-order valence-corrected chi connectivity index (χ0v) is 15.8. The number of carbonyl (C=O) groups is 3. The van der Waals surface area contributed by atoms with E-state index in [1.807, 2.05) is 31.3 Å². The number of carbonyl (C=O) groups excluding carboxylic acids is 2. The minimum Gasteiger partial charge on any atom is -0.481 e. The van der Waals surface area contributed by atoms with E-state index in [2.05, 4.69) is 9.88 Å². The van der Waals surface area contributed by atoms with E-state index in [9.17, 15) is 14.4 Å². The summed E-state index contributed by atoms with van der Waals surface area (Å²) in [5.74, 6) is -0.275. The van der Waals surface area contributed by atoms with Crippen LogP contribution in [0.15, 0.2) is 12.3 Å². The minimum absolute atomic E-state index is 0.0584. The number of imide groups is 1. The second-order valence-corrected chi connectivity index (χ2v) is 7.34. The SMILES string of the molecule is CN(C)c1nccc2c1CN(C1CC(=O)N(CCCCC(=O)O)C1=O)CC2. The van der Waals surface area contributed by atoms with Crippen molar-refractivity contribution >= 4 is 23.6 Å². The molecule has 1 aromatic heterocycles. The zero-order valence-electron chi connectivity index (χ0n) is 15.8. The van der Waals surface area contributed by atoms with E-state index in [0.717, 1.165) is 24.3 Å². The van der Waals surface area contributed by atoms with Crippen LogP contribution in [0.2, 0.25) is 0 Å². The number of unbranched alkanes of at least 4 members (excludes halogenated alkanes) is 1. The van der Waals surface area contributed by atoms with Gasteiger partial charge in [0, 0.05) is 51.9 Å². The molecule has 0 spiro atoms. The molecule has 8 heteroatoms. The standard InChI is InChI=1S/C19H26N4O4/c1-21(2)18-14-12-22(10-7-13(14)6-8-20-18)15-11-16(24)23(19(15)27)9-4-3-5-17(25)26/h6,8,15H,3-5,7,9-12H2,1-2H3,(H,25,26). The number of aliphatic carboxylic acids is 1. The third-order valence-electron chi connectivity index (χ3n) is 5.27. The first-order chi connectivity index (χ1) is 12.9. The van der Waals surface area contributed by atoms with Crippen LogP contribution in [0.4, 0.5) is 5.82 Å². The van der Waals surface area contributed by atoms with Crippen LogP contribution in [-0.4, -0.2) is 70.9 Å². The molecule has 1 atom stereocenters. The summed E-state index contributed by atoms with van der Waals surface area (Å²) in [5.41, 5.74) is 2.36. The largest absolute Gasteiger partial charge is 0.481 e. The number of carboxylic acid groups (broad SMARTS) is 1. The molecule has 2 aliphatic heterocycles. The molecule has 1 unspecified atom stereocenters. The summed E-state index contributed by atoms with van der Waals surface area (Å²) in [6, 6.07) is 1.59. The van der Waals surface area contributed by atoms with E-state index < -0.39 is 12.0 Å². The van der Waals surface area contributed by atoms with Crippen LogP contribution in [0.3, 0.4) is 0 Å². The van der Waals surface area contributed by atoms with Crippen molar-refractivity contribution in [2.24, 2.45) is 0 Å². The molecule has 2 amide bonds. The number of anilines is 1. The quantitative estimate of drug-likeness (QED) is 0.559. The van der Waals surface area contributed by atoms with Crippen LogP contribution in [0, 0.1) is 0 Å². The average Bonchev–Trinajstić information content (AvgIpc) is 2.91. The van der Waals surface area contributed by atoms with Gasteiger partial charge < -0.3 is 10.0 Å². The monoisotopic (exact) mass is 374 g/mol. The maximum Gasteiger partial charge on any atom is 0.303 e. The summed E-state index contributed by atoms with van der Waals surface area (Å²) < 4.78 is 0. The molecule has 3 rings (SSSR count). The maximum atomic E-state index is 12.8. The Kier molecular flexibility index (Phi) is 5.74. The summed E-state index contributed by atoms with van der Waals surface area (Å²) in [6.07, 6.45) is 3.88. The lowest BCUT2D eigenvalue weighted by atomic mass is 9.99. The fraction of sp³-hybridized carbons (Fsp3) is 0.579. The topological polar surface area (TPSA) is 94.1 Å². The van der Waals surface area contributed by atoms with Crippen molar-refractivity contribution in [3.63, 3.8) is 0 Å². The Hall–Kier alpha value is -2.48. The fourth-order valence-electron chi connectivity index (χ4n) is 3.86. The molecule has 146 valence electrons. The second kappa shape index (κ2) is 8.04. The van der Waals surface area contributed by atoms with Crippen LogP contribution in [0.25, 0.3) is 0 Å². The van der Waals surface area contributed by atoms with Crippen LogP contribution >= 0.6 is 0 Å². The molecule has 3 heterocycles. The summed E-state index contributed by atoms with van der Waals surface area (Å²) >= 11 is 0. The first-order valence-electron chi connectivity index (χ1n) is 9.32. The lowest BCUT2D eigenvalue weighted by Crippen LogP contribution is -2.44. The Labute approximate surface area is 158 Å². The molecule has 0 radical (unpaired) electrons. The van der Waals surface area contributed by atoms with Gasteiger partial charge in [-0.25, -0.2) is 4.98 Å². The molecule has 0 saturated carbocycles. The normalized spacial score (nSPS) is 20.1. The van der Waals surface area contributed by atoms with E-state index in [1.165, 1.54) is 10.5 Å². The number of likely N-dealkylation sites (tertiary alicyclic amines) is 1. The highest BCUT2D eigenvalue weighted by Crippen LogP contribution is 2.30. The fourth-order valence-corrected chi connectivity index (χ4v) is 3.86. The van der Waals surface area contributed by atoms with Gasteiger partial charge in [-0.05, 0) is 30.9 Å². The highest BCUT2D eigenvalue weighted by molar-refractivity contribution is 6.05. The van der Waals surface area contributed by atoms with Gasteiger partial charge in [0.25, 0.3) is 0 Å². The van der Waals surface area contributed by atoms with Gasteiger partial charge in [0.15, 0.2) is 0 Å². The molecule has 1 saturated heterocycles. The number of pyridine rings is 1. The summed E-state index contributed by atoms with van der Waals surface area (Å²) in [6.45, 7) is 1.64. The molecule has 27 heavy (non-hydrogen) atoms. The highest BCUT2D eigenvalue weighted by atomic mass is 16.4. The van der Waals surface area contributed by atoms with Crippen LogP contribution in [0.5, 0.6) is 0 Å². The first kappa shape index (κ1) is 19.3. The number of fused-ring (bicyclic) bond motifs is 1. The van der Waals surface area contributed by atoms with Gasteiger partial charge >= 0.3 is 5.97 Å². The minimum atomic E-state index is -0.857. The van der Waals surface area contributed by atoms with Crippen LogP contribution in [-0.2, 0) is 27.3 Å². The predicted molar refractivity (Wildman–Crippen MR) is 99.3 cm³/mol. The molecule has 0 bridgehead atoms. The summed E-state index contributed by atoms with van der Waals surface area (Å²) in [5, 5.41) is 8.70. The van der Waals surface area contributed by atoms with Crippen molar-refractivity contribution in [2.75, 3.05) is 32.1 Å². The molecule has 1 N–H and O–H groups in total. The second-order valence-electron chi connectivity index (χ2n) is 7.34. The number of carboxylic acids is 1. The maximum absolute atomic E-state index is 12.8. The van der Waals surface area contributed by atoms with Crippen molar-refractivity contribution < 1.29 is 19.5 Å². The van der Waals surface area contributed by atoms with Crippen molar-refractivity contribution in [1.82, 2.24) is 14.8 Å². The van der Waals surface area contributed by atoms with Crippen LogP contribution in [0.1, 0.15) is 36.8 Å². The van der Waals surface area contributed by atoms with Gasteiger partial charge in [0.2, 0.25) is 11.8 Å². The third-order valence-corrected chi connectivity index (χ3v) is 5.27. The number of hydrogen-bond acceptors (Lipinski definition) is 6. The Bertz CT molecular complexity index is 749. The molecular weight excluding hydrogens is 348 g/mol. The molecular formula is C19H26N4O4. The number of nitrogens with zero attached hydrogens (tertiary/aromatic N) is 4. The molecule has 0 aromatic carbocycles. The Morgan fingerprint density at radius 2 is 2.11 bits per heavy atom. The number of rotatable bonds is 7. The van der Waals surface area contributed by atoms with Crippen molar-refractivity contribution in [3.05, 3.63) is 23.4 Å². The smallest absolute Gasteiger partial charge is 0.303 e. The Balaban J connectivity index is 1.67. The molecule has 1 aromatic rings.